The lowest BCUT2D eigenvalue weighted by atomic mass is 10.1. The van der Waals surface area contributed by atoms with E-state index in [0.29, 0.717) is 5.56 Å². The Bertz CT molecular complexity index is 522. The fourth-order valence-electron chi connectivity index (χ4n) is 1.56. The fourth-order valence-corrected chi connectivity index (χ4v) is 1.56. The van der Waals surface area contributed by atoms with E-state index in [1.165, 1.54) is 25.3 Å². The highest BCUT2D eigenvalue weighted by atomic mass is 19.3. The summed E-state index contributed by atoms with van der Waals surface area (Å²) >= 11 is 0. The monoisotopic (exact) mass is 299 g/mol. The number of halogens is 2. The Kier molecular flexibility index (Phi) is 5.69. The van der Waals surface area contributed by atoms with Gasteiger partial charge in [-0.2, -0.15) is 8.78 Å². The van der Waals surface area contributed by atoms with Crippen molar-refractivity contribution >= 4 is 12.0 Å². The summed E-state index contributed by atoms with van der Waals surface area (Å²) in [5.74, 6) is -0.119. The number of nitrogens with one attached hydrogen (secondary N) is 1. The first kappa shape index (κ1) is 16.9. The molecular weight excluding hydrogens is 280 g/mol. The van der Waals surface area contributed by atoms with Gasteiger partial charge < -0.3 is 14.8 Å². The first-order valence-electron chi connectivity index (χ1n) is 6.34. The number of hydrogen-bond donors (Lipinski definition) is 1. The molecule has 0 fully saturated rings. The number of carbonyl (C=O) groups is 1. The van der Waals surface area contributed by atoms with Crippen molar-refractivity contribution in [3.63, 3.8) is 0 Å². The molecule has 1 N–H and O–H groups in total. The Morgan fingerprint density at radius 2 is 1.95 bits per heavy atom. The first-order valence-corrected chi connectivity index (χ1v) is 6.34. The van der Waals surface area contributed by atoms with Gasteiger partial charge in [0.05, 0.1) is 7.11 Å². The summed E-state index contributed by atoms with van der Waals surface area (Å²) in [4.78, 5) is 11.6. The van der Waals surface area contributed by atoms with Gasteiger partial charge in [-0.05, 0) is 44.5 Å². The molecule has 0 spiro atoms. The molecule has 1 aromatic rings. The number of rotatable bonds is 5. The maximum absolute atomic E-state index is 12.2. The predicted molar refractivity (Wildman–Crippen MR) is 76.6 cm³/mol. The molecule has 0 aromatic heterocycles. The molecule has 1 rings (SSSR count). The van der Waals surface area contributed by atoms with Crippen LogP contribution in [0.3, 0.4) is 0 Å². The third-order valence-corrected chi connectivity index (χ3v) is 2.33. The molecule has 4 nitrogen and oxygen atoms in total. The quantitative estimate of drug-likeness (QED) is 0.849. The van der Waals surface area contributed by atoms with Crippen LogP contribution in [-0.4, -0.2) is 25.2 Å². The van der Waals surface area contributed by atoms with Crippen LogP contribution >= 0.6 is 0 Å². The van der Waals surface area contributed by atoms with Gasteiger partial charge in [0.15, 0.2) is 11.5 Å². The Labute approximate surface area is 122 Å². The minimum Gasteiger partial charge on any atom is -0.493 e. The largest absolute Gasteiger partial charge is 0.493 e. The van der Waals surface area contributed by atoms with Gasteiger partial charge in [0.25, 0.3) is 0 Å². The molecule has 1 aromatic carbocycles. The van der Waals surface area contributed by atoms with Crippen LogP contribution < -0.4 is 14.8 Å². The van der Waals surface area contributed by atoms with E-state index in [1.54, 1.807) is 12.1 Å². The van der Waals surface area contributed by atoms with Crippen molar-refractivity contribution in [1.82, 2.24) is 5.32 Å². The summed E-state index contributed by atoms with van der Waals surface area (Å²) in [5.41, 5.74) is 0.311. The van der Waals surface area contributed by atoms with Gasteiger partial charge in [0.2, 0.25) is 5.91 Å². The highest BCUT2D eigenvalue weighted by Crippen LogP contribution is 2.29. The SMILES string of the molecule is COc1cc(/C=C/C(=O)NC(C)(C)C)ccc1OC(F)F. The topological polar surface area (TPSA) is 47.6 Å². The van der Waals surface area contributed by atoms with E-state index in [4.69, 9.17) is 4.74 Å². The van der Waals surface area contributed by atoms with Crippen molar-refractivity contribution in [2.24, 2.45) is 0 Å². The number of hydrogen-bond acceptors (Lipinski definition) is 3. The van der Waals surface area contributed by atoms with Crippen molar-refractivity contribution in [1.29, 1.82) is 0 Å². The van der Waals surface area contributed by atoms with Crippen LogP contribution in [0, 0.1) is 0 Å². The standard InChI is InChI=1S/C15H19F2NO3/c1-15(2,3)18-13(19)8-6-10-5-7-11(21-14(16)17)12(9-10)20-4/h5-9,14H,1-4H3,(H,18,19)/b8-6+. The van der Waals surface area contributed by atoms with Gasteiger partial charge in [-0.15, -0.1) is 0 Å². The average molecular weight is 299 g/mol. The molecule has 0 saturated carbocycles. The van der Waals surface area contributed by atoms with E-state index in [2.05, 4.69) is 10.1 Å². The van der Waals surface area contributed by atoms with Gasteiger partial charge in [-0.25, -0.2) is 0 Å². The van der Waals surface area contributed by atoms with Crippen molar-refractivity contribution in [2.45, 2.75) is 32.9 Å². The van der Waals surface area contributed by atoms with Crippen molar-refractivity contribution < 1.29 is 23.0 Å². The third kappa shape index (κ3) is 6.25. The van der Waals surface area contributed by atoms with Crippen molar-refractivity contribution in [2.75, 3.05) is 7.11 Å². The molecule has 21 heavy (non-hydrogen) atoms. The summed E-state index contributed by atoms with van der Waals surface area (Å²) in [6.07, 6.45) is 2.93. The van der Waals surface area contributed by atoms with Crippen molar-refractivity contribution in [3.8, 4) is 11.5 Å². The van der Waals surface area contributed by atoms with E-state index in [1.807, 2.05) is 20.8 Å². The zero-order valence-electron chi connectivity index (χ0n) is 12.4. The first-order chi connectivity index (χ1) is 9.71. The maximum Gasteiger partial charge on any atom is 0.387 e. The minimum atomic E-state index is -2.92. The molecule has 0 atom stereocenters. The van der Waals surface area contributed by atoms with Crippen LogP contribution in [0.15, 0.2) is 24.3 Å². The van der Waals surface area contributed by atoms with E-state index in [0.717, 1.165) is 0 Å². The number of amides is 1. The molecule has 6 heteroatoms. The summed E-state index contributed by atoms with van der Waals surface area (Å²) in [6.45, 7) is 2.70. The molecular formula is C15H19F2NO3. The molecule has 0 unspecified atom stereocenters. The highest BCUT2D eigenvalue weighted by Gasteiger charge is 2.12. The van der Waals surface area contributed by atoms with Crippen LogP contribution in [-0.2, 0) is 4.79 Å². The Balaban J connectivity index is 2.83. The van der Waals surface area contributed by atoms with Gasteiger partial charge in [-0.3, -0.25) is 4.79 Å². The fraction of sp³-hybridized carbons (Fsp3) is 0.400. The van der Waals surface area contributed by atoms with E-state index >= 15 is 0 Å². The zero-order valence-corrected chi connectivity index (χ0v) is 12.4. The Hall–Kier alpha value is -2.11. The smallest absolute Gasteiger partial charge is 0.387 e. The Morgan fingerprint density at radius 1 is 1.29 bits per heavy atom. The van der Waals surface area contributed by atoms with Crippen LogP contribution in [0.2, 0.25) is 0 Å². The number of benzene rings is 1. The highest BCUT2D eigenvalue weighted by molar-refractivity contribution is 5.92. The Morgan fingerprint density at radius 3 is 2.48 bits per heavy atom. The molecule has 0 heterocycles. The number of ether oxygens (including phenoxy) is 2. The molecule has 116 valence electrons. The normalized spacial score (nSPS) is 11.8. The summed E-state index contributed by atoms with van der Waals surface area (Å²) in [6, 6.07) is 4.44. The summed E-state index contributed by atoms with van der Waals surface area (Å²) in [7, 11) is 1.35. The lowest BCUT2D eigenvalue weighted by Gasteiger charge is -2.19. The van der Waals surface area contributed by atoms with E-state index in [9.17, 15) is 13.6 Å². The number of methoxy groups -OCH3 is 1. The molecule has 0 bridgehead atoms. The number of alkyl halides is 2. The van der Waals surface area contributed by atoms with Gasteiger partial charge in [0, 0.05) is 11.6 Å². The van der Waals surface area contributed by atoms with Gasteiger partial charge in [-0.1, -0.05) is 6.07 Å². The van der Waals surface area contributed by atoms with Crippen molar-refractivity contribution in [3.05, 3.63) is 29.8 Å². The predicted octanol–water partition coefficient (Wildman–Crippen LogP) is 3.22. The second kappa shape index (κ2) is 7.06. The summed E-state index contributed by atoms with van der Waals surface area (Å²) < 4.78 is 33.7. The van der Waals surface area contributed by atoms with E-state index in [-0.39, 0.29) is 22.9 Å². The number of carbonyl (C=O) groups excluding carboxylic acids is 1. The van der Waals surface area contributed by atoms with Gasteiger partial charge >= 0.3 is 6.61 Å². The molecule has 0 saturated heterocycles. The lowest BCUT2D eigenvalue weighted by Crippen LogP contribution is -2.39. The van der Waals surface area contributed by atoms with Crippen LogP contribution in [0.4, 0.5) is 8.78 Å². The minimum absolute atomic E-state index is 0.0520. The second-order valence-corrected chi connectivity index (χ2v) is 5.36. The van der Waals surface area contributed by atoms with Crippen LogP contribution in [0.5, 0.6) is 11.5 Å². The van der Waals surface area contributed by atoms with E-state index < -0.39 is 6.61 Å². The summed E-state index contributed by atoms with van der Waals surface area (Å²) in [5, 5.41) is 2.77. The average Bonchev–Trinajstić information content (AvgIpc) is 2.34. The van der Waals surface area contributed by atoms with Gasteiger partial charge in [0.1, 0.15) is 0 Å². The van der Waals surface area contributed by atoms with Crippen LogP contribution in [0.1, 0.15) is 26.3 Å². The molecule has 0 aliphatic carbocycles. The zero-order chi connectivity index (χ0) is 16.0. The molecule has 0 aliphatic rings. The lowest BCUT2D eigenvalue weighted by molar-refractivity contribution is -0.117. The van der Waals surface area contributed by atoms with Crippen LogP contribution in [0.25, 0.3) is 6.08 Å². The molecule has 1 amide bonds. The molecule has 0 radical (unpaired) electrons. The third-order valence-electron chi connectivity index (χ3n) is 2.33. The maximum atomic E-state index is 12.2. The molecule has 0 aliphatic heterocycles. The second-order valence-electron chi connectivity index (χ2n) is 5.36.